The summed E-state index contributed by atoms with van der Waals surface area (Å²) >= 11 is 0. The van der Waals surface area contributed by atoms with E-state index in [-0.39, 0.29) is 29.8 Å². The number of hydrogen-bond acceptors (Lipinski definition) is 4. The molecule has 0 saturated heterocycles. The van der Waals surface area contributed by atoms with Crippen LogP contribution >= 0.6 is 24.0 Å². The van der Waals surface area contributed by atoms with Gasteiger partial charge in [-0.3, -0.25) is 4.99 Å². The molecule has 0 amide bonds. The lowest BCUT2D eigenvalue weighted by atomic mass is 10.1. The van der Waals surface area contributed by atoms with Gasteiger partial charge >= 0.3 is 0 Å². The van der Waals surface area contributed by atoms with E-state index in [1.54, 1.807) is 27.3 Å². The summed E-state index contributed by atoms with van der Waals surface area (Å²) in [5.74, 6) is 2.57. The molecule has 0 radical (unpaired) electrons. The second kappa shape index (κ2) is 11.1. The van der Waals surface area contributed by atoms with Crippen LogP contribution in [-0.2, 0) is 13.0 Å². The Morgan fingerprint density at radius 1 is 1.07 bits per heavy atom. The summed E-state index contributed by atoms with van der Waals surface area (Å²) in [6, 6.07) is 10.4. The van der Waals surface area contributed by atoms with Crippen molar-refractivity contribution in [2.24, 2.45) is 4.99 Å². The van der Waals surface area contributed by atoms with Gasteiger partial charge in [-0.05, 0) is 49.2 Å². The Labute approximate surface area is 192 Å². The fourth-order valence-corrected chi connectivity index (χ4v) is 3.16. The molecule has 8 heteroatoms. The summed E-state index contributed by atoms with van der Waals surface area (Å²) in [6.07, 6.45) is 0.796. The maximum absolute atomic E-state index is 13.5. The fraction of sp³-hybridized carbons (Fsp3) is 0.318. The molecule has 6 nitrogen and oxygen atoms in total. The first-order valence-electron chi connectivity index (χ1n) is 9.38. The highest BCUT2D eigenvalue weighted by Gasteiger charge is 2.12. The van der Waals surface area contributed by atoms with Crippen LogP contribution in [0.5, 0.6) is 11.5 Å². The molecule has 3 rings (SSSR count). The SMILES string of the molecule is CN=C(NCCc1ccc(OC)c(OC)c1)NCc1oc2ccc(F)cc2c1C.I. The molecule has 0 aliphatic rings. The molecule has 0 atom stereocenters. The molecule has 1 aromatic heterocycles. The smallest absolute Gasteiger partial charge is 0.191 e. The van der Waals surface area contributed by atoms with Crippen molar-refractivity contribution in [3.63, 3.8) is 0 Å². The van der Waals surface area contributed by atoms with Crippen LogP contribution in [0.15, 0.2) is 45.8 Å². The quantitative estimate of drug-likeness (QED) is 0.271. The number of furan rings is 1. The van der Waals surface area contributed by atoms with Gasteiger partial charge in [0.25, 0.3) is 0 Å². The number of nitrogens with zero attached hydrogens (tertiary/aromatic N) is 1. The van der Waals surface area contributed by atoms with Crippen LogP contribution in [0.1, 0.15) is 16.9 Å². The van der Waals surface area contributed by atoms with E-state index >= 15 is 0 Å². The van der Waals surface area contributed by atoms with Crippen molar-refractivity contribution in [1.82, 2.24) is 10.6 Å². The number of rotatable bonds is 7. The molecule has 162 valence electrons. The topological polar surface area (TPSA) is 68.0 Å². The molecule has 2 N–H and O–H groups in total. The van der Waals surface area contributed by atoms with E-state index in [2.05, 4.69) is 15.6 Å². The van der Waals surface area contributed by atoms with Gasteiger partial charge in [-0.25, -0.2) is 4.39 Å². The number of ether oxygens (including phenoxy) is 2. The predicted octanol–water partition coefficient (Wildman–Crippen LogP) is 4.42. The molecule has 30 heavy (non-hydrogen) atoms. The summed E-state index contributed by atoms with van der Waals surface area (Å²) in [5, 5.41) is 7.31. The van der Waals surface area contributed by atoms with Crippen molar-refractivity contribution < 1.29 is 18.3 Å². The zero-order chi connectivity index (χ0) is 20.8. The number of halogens is 2. The van der Waals surface area contributed by atoms with Crippen molar-refractivity contribution >= 4 is 40.9 Å². The molecule has 0 spiro atoms. The van der Waals surface area contributed by atoms with Crippen LogP contribution in [0.3, 0.4) is 0 Å². The molecule has 0 fully saturated rings. The number of guanidine groups is 1. The molecule has 0 aliphatic carbocycles. The predicted molar refractivity (Wildman–Crippen MR) is 128 cm³/mol. The van der Waals surface area contributed by atoms with E-state index in [1.165, 1.54) is 12.1 Å². The number of methoxy groups -OCH3 is 2. The Hall–Kier alpha value is -2.49. The largest absolute Gasteiger partial charge is 0.493 e. The first-order valence-corrected chi connectivity index (χ1v) is 9.38. The fourth-order valence-electron chi connectivity index (χ4n) is 3.16. The Balaban J connectivity index is 0.00000320. The van der Waals surface area contributed by atoms with E-state index in [9.17, 15) is 4.39 Å². The first kappa shape index (κ1) is 23.8. The van der Waals surface area contributed by atoms with Gasteiger partial charge in [-0.1, -0.05) is 6.07 Å². The molecule has 1 heterocycles. The monoisotopic (exact) mass is 527 g/mol. The highest BCUT2D eigenvalue weighted by molar-refractivity contribution is 14.0. The van der Waals surface area contributed by atoms with Crippen LogP contribution in [0.4, 0.5) is 4.39 Å². The maximum Gasteiger partial charge on any atom is 0.191 e. The third-order valence-corrected chi connectivity index (χ3v) is 4.79. The summed E-state index contributed by atoms with van der Waals surface area (Å²) in [6.45, 7) is 3.08. The third-order valence-electron chi connectivity index (χ3n) is 4.79. The zero-order valence-corrected chi connectivity index (χ0v) is 19.9. The molecular formula is C22H27FIN3O3. The van der Waals surface area contributed by atoms with Crippen LogP contribution in [0.25, 0.3) is 11.0 Å². The Morgan fingerprint density at radius 3 is 2.53 bits per heavy atom. The van der Waals surface area contributed by atoms with E-state index in [0.717, 1.165) is 28.7 Å². The average Bonchev–Trinajstić information content (AvgIpc) is 3.05. The number of nitrogens with one attached hydrogen (secondary N) is 2. The standard InChI is InChI=1S/C22H26FN3O3.HI/c1-14-17-12-16(23)6-8-18(17)29-21(14)13-26-22(24-2)25-10-9-15-5-7-19(27-3)20(11-15)28-4;/h5-8,11-12H,9-10,13H2,1-4H3,(H2,24,25,26);1H. The van der Waals surface area contributed by atoms with Crippen LogP contribution in [-0.4, -0.2) is 33.8 Å². The van der Waals surface area contributed by atoms with Crippen molar-refractivity contribution in [2.45, 2.75) is 19.9 Å². The summed E-state index contributed by atoms with van der Waals surface area (Å²) in [4.78, 5) is 4.24. The second-order valence-corrected chi connectivity index (χ2v) is 6.58. The van der Waals surface area contributed by atoms with Gasteiger partial charge in [-0.2, -0.15) is 0 Å². The zero-order valence-electron chi connectivity index (χ0n) is 17.5. The van der Waals surface area contributed by atoms with Crippen LogP contribution < -0.4 is 20.1 Å². The first-order chi connectivity index (χ1) is 14.0. The second-order valence-electron chi connectivity index (χ2n) is 6.58. The number of benzene rings is 2. The lowest BCUT2D eigenvalue weighted by molar-refractivity contribution is 0.354. The number of aryl methyl sites for hydroxylation is 1. The minimum absolute atomic E-state index is 0. The summed E-state index contributed by atoms with van der Waals surface area (Å²) in [7, 11) is 4.96. The molecule has 0 bridgehead atoms. The Bertz CT molecular complexity index is 1020. The third kappa shape index (κ3) is 5.56. The summed E-state index contributed by atoms with van der Waals surface area (Å²) < 4.78 is 29.9. The summed E-state index contributed by atoms with van der Waals surface area (Å²) in [5.41, 5.74) is 2.73. The maximum atomic E-state index is 13.5. The van der Waals surface area contributed by atoms with Gasteiger partial charge in [-0.15, -0.1) is 24.0 Å². The normalized spacial score (nSPS) is 11.2. The Kier molecular flexibility index (Phi) is 8.76. The average molecular weight is 527 g/mol. The van der Waals surface area contributed by atoms with Gasteiger partial charge in [0.15, 0.2) is 17.5 Å². The molecule has 2 aromatic carbocycles. The van der Waals surface area contributed by atoms with E-state index in [0.29, 0.717) is 36.1 Å². The van der Waals surface area contributed by atoms with E-state index in [1.807, 2.05) is 25.1 Å². The van der Waals surface area contributed by atoms with Crippen molar-refractivity contribution in [2.75, 3.05) is 27.8 Å². The highest BCUT2D eigenvalue weighted by atomic mass is 127. The lowest BCUT2D eigenvalue weighted by Gasteiger charge is -2.12. The van der Waals surface area contributed by atoms with Crippen molar-refractivity contribution in [3.05, 3.63) is 59.1 Å². The minimum atomic E-state index is -0.270. The van der Waals surface area contributed by atoms with E-state index in [4.69, 9.17) is 13.9 Å². The Morgan fingerprint density at radius 2 is 1.83 bits per heavy atom. The lowest BCUT2D eigenvalue weighted by Crippen LogP contribution is -2.37. The molecule has 0 aliphatic heterocycles. The molecule has 0 saturated carbocycles. The molecule has 0 unspecified atom stereocenters. The van der Waals surface area contributed by atoms with Gasteiger partial charge in [0, 0.05) is 24.5 Å². The van der Waals surface area contributed by atoms with Gasteiger partial charge < -0.3 is 24.5 Å². The van der Waals surface area contributed by atoms with Gasteiger partial charge in [0.2, 0.25) is 0 Å². The number of aliphatic imine (C=N–C) groups is 1. The highest BCUT2D eigenvalue weighted by Crippen LogP contribution is 2.28. The van der Waals surface area contributed by atoms with Gasteiger partial charge in [0.05, 0.1) is 20.8 Å². The molecular weight excluding hydrogens is 500 g/mol. The van der Waals surface area contributed by atoms with Crippen LogP contribution in [0, 0.1) is 12.7 Å². The number of hydrogen-bond donors (Lipinski definition) is 2. The van der Waals surface area contributed by atoms with Crippen molar-refractivity contribution in [1.29, 1.82) is 0 Å². The number of fused-ring (bicyclic) bond motifs is 1. The van der Waals surface area contributed by atoms with Crippen LogP contribution in [0.2, 0.25) is 0 Å². The minimum Gasteiger partial charge on any atom is -0.493 e. The van der Waals surface area contributed by atoms with Gasteiger partial charge in [0.1, 0.15) is 17.2 Å². The van der Waals surface area contributed by atoms with Crippen molar-refractivity contribution in [3.8, 4) is 11.5 Å². The molecule has 3 aromatic rings. The van der Waals surface area contributed by atoms with E-state index < -0.39 is 0 Å².